The Morgan fingerprint density at radius 2 is 2.33 bits per heavy atom. The zero-order valence-electron chi connectivity index (χ0n) is 10.2. The van der Waals surface area contributed by atoms with E-state index in [2.05, 4.69) is 5.32 Å². The van der Waals surface area contributed by atoms with Crippen molar-refractivity contribution in [2.45, 2.75) is 23.8 Å². The van der Waals surface area contributed by atoms with Crippen molar-refractivity contribution in [2.24, 2.45) is 5.73 Å². The van der Waals surface area contributed by atoms with Gasteiger partial charge in [-0.1, -0.05) is 12.1 Å². The third-order valence-corrected chi connectivity index (χ3v) is 3.87. The van der Waals surface area contributed by atoms with Crippen LogP contribution in [0, 0.1) is 0 Å². The first-order valence-electron chi connectivity index (χ1n) is 6.10. The standard InChI is InChI=1S/C13H18N2O2S/c14-13(16)9-18-12-6-2-1-5-11(12)15-10-4-3-7-17-8-10/h1-2,5-6,10,15H,3-4,7-9H2,(H2,14,16). The number of para-hydroxylation sites is 1. The minimum atomic E-state index is -0.296. The molecule has 1 aliphatic rings. The summed E-state index contributed by atoms with van der Waals surface area (Å²) in [7, 11) is 0. The molecule has 0 aliphatic carbocycles. The molecule has 0 spiro atoms. The molecule has 4 nitrogen and oxygen atoms in total. The lowest BCUT2D eigenvalue weighted by Gasteiger charge is -2.25. The molecule has 0 bridgehead atoms. The number of nitrogens with two attached hydrogens (primary N) is 1. The average Bonchev–Trinajstić information content (AvgIpc) is 2.39. The maximum absolute atomic E-state index is 10.8. The molecule has 1 atom stereocenters. The molecule has 1 saturated heterocycles. The molecule has 1 amide bonds. The van der Waals surface area contributed by atoms with Crippen LogP contribution in [-0.4, -0.2) is 30.9 Å². The van der Waals surface area contributed by atoms with Crippen LogP contribution in [0.1, 0.15) is 12.8 Å². The fourth-order valence-electron chi connectivity index (χ4n) is 1.94. The van der Waals surface area contributed by atoms with Gasteiger partial charge in [-0.15, -0.1) is 11.8 Å². The monoisotopic (exact) mass is 266 g/mol. The van der Waals surface area contributed by atoms with Crippen LogP contribution in [0.25, 0.3) is 0 Å². The number of anilines is 1. The lowest BCUT2D eigenvalue weighted by atomic mass is 10.1. The number of rotatable bonds is 5. The van der Waals surface area contributed by atoms with E-state index in [9.17, 15) is 4.79 Å². The van der Waals surface area contributed by atoms with Crippen molar-refractivity contribution >= 4 is 23.4 Å². The Hall–Kier alpha value is -1.20. The van der Waals surface area contributed by atoms with Crippen molar-refractivity contribution in [2.75, 3.05) is 24.3 Å². The molecule has 3 N–H and O–H groups in total. The molecule has 1 unspecified atom stereocenters. The molecule has 98 valence electrons. The summed E-state index contributed by atoms with van der Waals surface area (Å²) in [5, 5.41) is 3.48. The maximum Gasteiger partial charge on any atom is 0.227 e. The van der Waals surface area contributed by atoms with Crippen LogP contribution in [0.15, 0.2) is 29.2 Å². The minimum absolute atomic E-state index is 0.296. The smallest absolute Gasteiger partial charge is 0.227 e. The third-order valence-electron chi connectivity index (χ3n) is 2.78. The van der Waals surface area contributed by atoms with E-state index in [0.29, 0.717) is 11.8 Å². The second-order valence-corrected chi connectivity index (χ2v) is 5.33. The van der Waals surface area contributed by atoms with Crippen molar-refractivity contribution < 1.29 is 9.53 Å². The van der Waals surface area contributed by atoms with Crippen molar-refractivity contribution in [1.29, 1.82) is 0 Å². The van der Waals surface area contributed by atoms with Gasteiger partial charge in [-0.3, -0.25) is 4.79 Å². The molecule has 1 aromatic carbocycles. The number of nitrogens with one attached hydrogen (secondary N) is 1. The Kier molecular flexibility index (Phi) is 4.90. The van der Waals surface area contributed by atoms with Crippen LogP contribution in [0.3, 0.4) is 0 Å². The zero-order chi connectivity index (χ0) is 12.8. The van der Waals surface area contributed by atoms with E-state index in [1.54, 1.807) is 0 Å². The normalized spacial score (nSPS) is 19.4. The Morgan fingerprint density at radius 3 is 3.06 bits per heavy atom. The number of amides is 1. The highest BCUT2D eigenvalue weighted by molar-refractivity contribution is 8.00. The van der Waals surface area contributed by atoms with E-state index < -0.39 is 0 Å². The summed E-state index contributed by atoms with van der Waals surface area (Å²) in [4.78, 5) is 11.9. The number of ether oxygens (including phenoxy) is 1. The van der Waals surface area contributed by atoms with Gasteiger partial charge >= 0.3 is 0 Å². The lowest BCUT2D eigenvalue weighted by Crippen LogP contribution is -2.30. The Labute approximate surface area is 111 Å². The van der Waals surface area contributed by atoms with Crippen LogP contribution >= 0.6 is 11.8 Å². The van der Waals surface area contributed by atoms with Crippen molar-refractivity contribution in [3.63, 3.8) is 0 Å². The Morgan fingerprint density at radius 1 is 1.50 bits per heavy atom. The Bertz CT molecular complexity index is 406. The second kappa shape index (κ2) is 6.66. The van der Waals surface area contributed by atoms with Gasteiger partial charge in [-0.25, -0.2) is 0 Å². The van der Waals surface area contributed by atoms with Gasteiger partial charge in [0.1, 0.15) is 0 Å². The number of primary amides is 1. The SMILES string of the molecule is NC(=O)CSc1ccccc1NC1CCCOC1. The van der Waals surface area contributed by atoms with Gasteiger partial charge in [0.25, 0.3) is 0 Å². The summed E-state index contributed by atoms with van der Waals surface area (Å²) in [5.74, 6) is 0.00986. The topological polar surface area (TPSA) is 64.4 Å². The molecule has 1 aromatic rings. The number of hydrogen-bond donors (Lipinski definition) is 2. The first-order valence-corrected chi connectivity index (χ1v) is 7.08. The van der Waals surface area contributed by atoms with Crippen molar-refractivity contribution in [3.05, 3.63) is 24.3 Å². The zero-order valence-corrected chi connectivity index (χ0v) is 11.0. The predicted octanol–water partition coefficient (Wildman–Crippen LogP) is 1.85. The highest BCUT2D eigenvalue weighted by atomic mass is 32.2. The molecule has 0 radical (unpaired) electrons. The minimum Gasteiger partial charge on any atom is -0.379 e. The summed E-state index contributed by atoms with van der Waals surface area (Å²) < 4.78 is 5.45. The number of carbonyl (C=O) groups excluding carboxylic acids is 1. The van der Waals surface area contributed by atoms with Gasteiger partial charge in [0.15, 0.2) is 0 Å². The molecular weight excluding hydrogens is 248 g/mol. The average molecular weight is 266 g/mol. The van der Waals surface area contributed by atoms with E-state index >= 15 is 0 Å². The van der Waals surface area contributed by atoms with Crippen LogP contribution in [0.5, 0.6) is 0 Å². The molecule has 2 rings (SSSR count). The molecular formula is C13H18N2O2S. The van der Waals surface area contributed by atoms with E-state index in [4.69, 9.17) is 10.5 Å². The van der Waals surface area contributed by atoms with Crippen molar-refractivity contribution in [3.8, 4) is 0 Å². The number of carbonyl (C=O) groups is 1. The van der Waals surface area contributed by atoms with Crippen LogP contribution in [-0.2, 0) is 9.53 Å². The second-order valence-electron chi connectivity index (χ2n) is 4.31. The van der Waals surface area contributed by atoms with E-state index in [1.807, 2.05) is 24.3 Å². The number of thioether (sulfide) groups is 1. The number of hydrogen-bond acceptors (Lipinski definition) is 4. The van der Waals surface area contributed by atoms with Gasteiger partial charge in [-0.2, -0.15) is 0 Å². The quantitative estimate of drug-likeness (QED) is 0.798. The lowest BCUT2D eigenvalue weighted by molar-refractivity contribution is -0.115. The van der Waals surface area contributed by atoms with Gasteiger partial charge < -0.3 is 15.8 Å². The molecule has 5 heteroatoms. The highest BCUT2D eigenvalue weighted by Crippen LogP contribution is 2.28. The van der Waals surface area contributed by atoms with Gasteiger partial charge in [0.2, 0.25) is 5.91 Å². The van der Waals surface area contributed by atoms with Crippen LogP contribution in [0.2, 0.25) is 0 Å². The molecule has 1 fully saturated rings. The summed E-state index contributed by atoms with van der Waals surface area (Å²) in [6.45, 7) is 1.60. The highest BCUT2D eigenvalue weighted by Gasteiger charge is 2.15. The van der Waals surface area contributed by atoms with Gasteiger partial charge in [0, 0.05) is 23.2 Å². The molecule has 1 heterocycles. The van der Waals surface area contributed by atoms with Gasteiger partial charge in [0.05, 0.1) is 12.4 Å². The van der Waals surface area contributed by atoms with Crippen LogP contribution < -0.4 is 11.1 Å². The summed E-state index contributed by atoms with van der Waals surface area (Å²) >= 11 is 1.47. The fourth-order valence-corrected chi connectivity index (χ4v) is 2.69. The Balaban J connectivity index is 1.99. The van der Waals surface area contributed by atoms with Gasteiger partial charge in [-0.05, 0) is 25.0 Å². The molecule has 0 saturated carbocycles. The molecule has 1 aliphatic heterocycles. The van der Waals surface area contributed by atoms with E-state index in [-0.39, 0.29) is 5.91 Å². The molecule has 0 aromatic heterocycles. The van der Waals surface area contributed by atoms with Crippen molar-refractivity contribution in [1.82, 2.24) is 0 Å². The number of benzene rings is 1. The summed E-state index contributed by atoms with van der Waals surface area (Å²) in [5.41, 5.74) is 6.23. The summed E-state index contributed by atoms with van der Waals surface area (Å²) in [6, 6.07) is 8.33. The molecule has 18 heavy (non-hydrogen) atoms. The first kappa shape index (κ1) is 13.2. The summed E-state index contributed by atoms with van der Waals surface area (Å²) in [6.07, 6.45) is 2.21. The first-order chi connectivity index (χ1) is 8.75. The largest absolute Gasteiger partial charge is 0.379 e. The predicted molar refractivity (Wildman–Crippen MR) is 73.8 cm³/mol. The van der Waals surface area contributed by atoms with Crippen LogP contribution in [0.4, 0.5) is 5.69 Å². The maximum atomic E-state index is 10.8. The van der Waals surface area contributed by atoms with E-state index in [1.165, 1.54) is 11.8 Å². The van der Waals surface area contributed by atoms with E-state index in [0.717, 1.165) is 36.6 Å². The fraction of sp³-hybridized carbons (Fsp3) is 0.462. The third kappa shape index (κ3) is 3.92.